The van der Waals surface area contributed by atoms with Crippen LogP contribution in [0.25, 0.3) is 0 Å². The van der Waals surface area contributed by atoms with Crippen molar-refractivity contribution in [2.45, 2.75) is 52.5 Å². The number of amides is 1. The zero-order chi connectivity index (χ0) is 14.0. The van der Waals surface area contributed by atoms with Crippen molar-refractivity contribution in [1.29, 1.82) is 0 Å². The van der Waals surface area contributed by atoms with E-state index in [1.54, 1.807) is 0 Å². The van der Waals surface area contributed by atoms with E-state index in [0.29, 0.717) is 6.04 Å². The van der Waals surface area contributed by atoms with Crippen LogP contribution in [-0.4, -0.2) is 28.7 Å². The molecule has 0 aromatic carbocycles. The van der Waals surface area contributed by atoms with E-state index in [-0.39, 0.29) is 5.91 Å². The predicted octanol–water partition coefficient (Wildman–Crippen LogP) is 3.98. The fourth-order valence-corrected chi connectivity index (χ4v) is 3.47. The van der Waals surface area contributed by atoms with Gasteiger partial charge in [-0.3, -0.25) is 4.79 Å². The van der Waals surface area contributed by atoms with Crippen LogP contribution in [0.1, 0.15) is 53.1 Å². The number of furan rings is 1. The lowest BCUT2D eigenvalue weighted by molar-refractivity contribution is 0.0607. The Labute approximate surface area is 123 Å². The summed E-state index contributed by atoms with van der Waals surface area (Å²) in [5.41, 5.74) is 1.77. The van der Waals surface area contributed by atoms with Gasteiger partial charge in [-0.1, -0.05) is 15.9 Å². The Morgan fingerprint density at radius 2 is 2.05 bits per heavy atom. The normalized spacial score (nSPS) is 19.8. The fourth-order valence-electron chi connectivity index (χ4n) is 2.95. The van der Waals surface area contributed by atoms with Gasteiger partial charge in [-0.05, 0) is 46.5 Å². The minimum absolute atomic E-state index is 0.150. The Morgan fingerprint density at radius 3 is 2.63 bits per heavy atom. The molecule has 3 nitrogen and oxygen atoms in total. The monoisotopic (exact) mass is 327 g/mol. The molecule has 4 heteroatoms. The van der Waals surface area contributed by atoms with Crippen LogP contribution in [0.4, 0.5) is 0 Å². The number of piperidine rings is 1. The van der Waals surface area contributed by atoms with Crippen LogP contribution in [0.5, 0.6) is 0 Å². The first-order valence-corrected chi connectivity index (χ1v) is 8.12. The largest absolute Gasteiger partial charge is 0.466 e. The number of hydrogen-bond acceptors (Lipinski definition) is 2. The van der Waals surface area contributed by atoms with E-state index in [2.05, 4.69) is 20.8 Å². The SMILES string of the molecule is Cc1oc(C)c(C(=O)N2CCCCC2CCBr)c1C. The number of halogens is 1. The van der Waals surface area contributed by atoms with Crippen LogP contribution >= 0.6 is 15.9 Å². The van der Waals surface area contributed by atoms with Crippen LogP contribution in [0.15, 0.2) is 4.42 Å². The first-order valence-electron chi connectivity index (χ1n) is 6.99. The average molecular weight is 328 g/mol. The summed E-state index contributed by atoms with van der Waals surface area (Å²) >= 11 is 3.49. The molecule has 0 bridgehead atoms. The van der Waals surface area contributed by atoms with Crippen molar-refractivity contribution in [3.05, 3.63) is 22.6 Å². The topological polar surface area (TPSA) is 33.5 Å². The van der Waals surface area contributed by atoms with Gasteiger partial charge in [0, 0.05) is 23.5 Å². The zero-order valence-corrected chi connectivity index (χ0v) is 13.5. The summed E-state index contributed by atoms with van der Waals surface area (Å²) in [7, 11) is 0. The van der Waals surface area contributed by atoms with Gasteiger partial charge >= 0.3 is 0 Å². The summed E-state index contributed by atoms with van der Waals surface area (Å²) in [6.45, 7) is 6.66. The van der Waals surface area contributed by atoms with Crippen LogP contribution < -0.4 is 0 Å². The highest BCUT2D eigenvalue weighted by Gasteiger charge is 2.30. The van der Waals surface area contributed by atoms with E-state index < -0.39 is 0 Å². The number of rotatable bonds is 3. The highest BCUT2D eigenvalue weighted by atomic mass is 79.9. The van der Waals surface area contributed by atoms with Gasteiger partial charge in [-0.15, -0.1) is 0 Å². The number of carbonyl (C=O) groups excluding carboxylic acids is 1. The van der Waals surface area contributed by atoms with E-state index in [0.717, 1.165) is 53.8 Å². The number of carbonyl (C=O) groups is 1. The van der Waals surface area contributed by atoms with Gasteiger partial charge in [0.05, 0.1) is 5.56 Å². The van der Waals surface area contributed by atoms with Gasteiger partial charge in [-0.25, -0.2) is 0 Å². The van der Waals surface area contributed by atoms with Crippen molar-refractivity contribution < 1.29 is 9.21 Å². The predicted molar refractivity (Wildman–Crippen MR) is 80.0 cm³/mol. The lowest BCUT2D eigenvalue weighted by Crippen LogP contribution is -2.44. The van der Waals surface area contributed by atoms with E-state index in [1.807, 2.05) is 20.8 Å². The lowest BCUT2D eigenvalue weighted by atomic mass is 9.98. The second-order valence-corrected chi connectivity index (χ2v) is 6.13. The van der Waals surface area contributed by atoms with Crippen molar-refractivity contribution in [2.24, 2.45) is 0 Å². The molecule has 1 aliphatic rings. The zero-order valence-electron chi connectivity index (χ0n) is 12.0. The Balaban J connectivity index is 2.26. The molecule has 1 aliphatic heterocycles. The van der Waals surface area contributed by atoms with E-state index in [9.17, 15) is 4.79 Å². The molecule has 1 aromatic rings. The highest BCUT2D eigenvalue weighted by Crippen LogP contribution is 2.27. The van der Waals surface area contributed by atoms with Gasteiger partial charge in [0.1, 0.15) is 11.5 Å². The van der Waals surface area contributed by atoms with Crippen molar-refractivity contribution in [3.63, 3.8) is 0 Å². The summed E-state index contributed by atoms with van der Waals surface area (Å²) in [6, 6.07) is 0.370. The third-order valence-electron chi connectivity index (χ3n) is 4.11. The van der Waals surface area contributed by atoms with Gasteiger partial charge in [-0.2, -0.15) is 0 Å². The van der Waals surface area contributed by atoms with Crippen molar-refractivity contribution in [2.75, 3.05) is 11.9 Å². The second kappa shape index (κ2) is 6.12. The molecule has 0 aliphatic carbocycles. The Bertz CT molecular complexity index is 465. The molecule has 1 unspecified atom stereocenters. The first-order chi connectivity index (χ1) is 9.06. The number of alkyl halides is 1. The lowest BCUT2D eigenvalue weighted by Gasteiger charge is -2.35. The molecular formula is C15H22BrNO2. The maximum atomic E-state index is 12.8. The third kappa shape index (κ3) is 2.88. The molecule has 1 fully saturated rings. The van der Waals surface area contributed by atoms with Gasteiger partial charge in [0.15, 0.2) is 0 Å². The number of likely N-dealkylation sites (tertiary alicyclic amines) is 1. The summed E-state index contributed by atoms with van der Waals surface area (Å²) in [5.74, 6) is 1.76. The highest BCUT2D eigenvalue weighted by molar-refractivity contribution is 9.09. The summed E-state index contributed by atoms with van der Waals surface area (Å²) < 4.78 is 5.60. The Morgan fingerprint density at radius 1 is 1.32 bits per heavy atom. The molecule has 19 heavy (non-hydrogen) atoms. The molecule has 0 N–H and O–H groups in total. The molecule has 2 heterocycles. The molecule has 0 saturated carbocycles. The van der Waals surface area contributed by atoms with Gasteiger partial charge in [0.2, 0.25) is 0 Å². The Hall–Kier alpha value is -0.770. The minimum atomic E-state index is 0.150. The summed E-state index contributed by atoms with van der Waals surface area (Å²) in [4.78, 5) is 14.8. The quantitative estimate of drug-likeness (QED) is 0.786. The molecular weight excluding hydrogens is 306 g/mol. The number of aryl methyl sites for hydroxylation is 2. The molecule has 2 rings (SSSR count). The average Bonchev–Trinajstić information content (AvgIpc) is 2.64. The fraction of sp³-hybridized carbons (Fsp3) is 0.667. The maximum Gasteiger partial charge on any atom is 0.257 e. The molecule has 0 spiro atoms. The smallest absolute Gasteiger partial charge is 0.257 e. The van der Waals surface area contributed by atoms with Crippen molar-refractivity contribution in [3.8, 4) is 0 Å². The molecule has 1 saturated heterocycles. The first kappa shape index (κ1) is 14.6. The van der Waals surface area contributed by atoms with Gasteiger partial charge < -0.3 is 9.32 Å². The van der Waals surface area contributed by atoms with E-state index in [4.69, 9.17) is 4.42 Å². The van der Waals surface area contributed by atoms with Gasteiger partial charge in [0.25, 0.3) is 5.91 Å². The molecule has 1 atom stereocenters. The molecule has 1 aromatic heterocycles. The molecule has 106 valence electrons. The maximum absolute atomic E-state index is 12.8. The van der Waals surface area contributed by atoms with Crippen LogP contribution in [0, 0.1) is 20.8 Å². The summed E-state index contributed by atoms with van der Waals surface area (Å²) in [6.07, 6.45) is 4.48. The minimum Gasteiger partial charge on any atom is -0.466 e. The number of nitrogens with zero attached hydrogens (tertiary/aromatic N) is 1. The van der Waals surface area contributed by atoms with E-state index >= 15 is 0 Å². The van der Waals surface area contributed by atoms with Crippen LogP contribution in [-0.2, 0) is 0 Å². The van der Waals surface area contributed by atoms with Crippen LogP contribution in [0.2, 0.25) is 0 Å². The molecule has 1 amide bonds. The number of hydrogen-bond donors (Lipinski definition) is 0. The second-order valence-electron chi connectivity index (χ2n) is 5.34. The summed E-state index contributed by atoms with van der Waals surface area (Å²) in [5, 5.41) is 0.948. The van der Waals surface area contributed by atoms with Crippen LogP contribution in [0.3, 0.4) is 0 Å². The third-order valence-corrected chi connectivity index (χ3v) is 4.56. The standard InChI is InChI=1S/C15H22BrNO2/c1-10-11(2)19-12(3)14(10)15(18)17-9-5-4-6-13(17)7-8-16/h13H,4-9H2,1-3H3. The molecule has 0 radical (unpaired) electrons. The Kier molecular flexibility index (Phi) is 4.71. The van der Waals surface area contributed by atoms with E-state index in [1.165, 1.54) is 6.42 Å². The van der Waals surface area contributed by atoms with Crippen molar-refractivity contribution in [1.82, 2.24) is 4.90 Å². The van der Waals surface area contributed by atoms with Crippen molar-refractivity contribution >= 4 is 21.8 Å².